The Morgan fingerprint density at radius 1 is 0.347 bits per heavy atom. The second-order valence-corrected chi connectivity index (χ2v) is 24.5. The first kappa shape index (κ1) is 74.0. The summed E-state index contributed by atoms with van der Waals surface area (Å²) in [6.07, 6.45) is 72.0. The van der Waals surface area contributed by atoms with Crippen molar-refractivity contribution in [2.75, 3.05) is 26.4 Å². The molecule has 0 aliphatic rings. The van der Waals surface area contributed by atoms with Crippen molar-refractivity contribution in [2.24, 2.45) is 5.73 Å². The summed E-state index contributed by atoms with van der Waals surface area (Å²) in [4.78, 5) is 35.3. The van der Waals surface area contributed by atoms with Gasteiger partial charge in [-0.05, 0) is 12.8 Å². The molecular formula is C65H130NO8P. The van der Waals surface area contributed by atoms with Crippen LogP contribution in [0.1, 0.15) is 373 Å². The predicted octanol–water partition coefficient (Wildman–Crippen LogP) is 21.4. The molecule has 0 amide bonds. The molecular weight excluding hydrogens is 954 g/mol. The molecule has 448 valence electrons. The van der Waals surface area contributed by atoms with Crippen LogP contribution in [-0.2, 0) is 32.7 Å². The number of nitrogens with two attached hydrogens (primary N) is 1. The molecule has 2 unspecified atom stereocenters. The van der Waals surface area contributed by atoms with Gasteiger partial charge in [0.1, 0.15) is 6.61 Å². The Bertz CT molecular complexity index is 1190. The quantitative estimate of drug-likeness (QED) is 0.0347. The van der Waals surface area contributed by atoms with Crippen LogP contribution < -0.4 is 5.73 Å². The van der Waals surface area contributed by atoms with E-state index in [1.165, 1.54) is 308 Å². The summed E-state index contributed by atoms with van der Waals surface area (Å²) in [6, 6.07) is 0. The van der Waals surface area contributed by atoms with E-state index in [0.717, 1.165) is 32.1 Å². The molecule has 0 aromatic rings. The number of carbonyl (C=O) groups excluding carboxylic acids is 2. The van der Waals surface area contributed by atoms with Crippen molar-refractivity contribution in [1.82, 2.24) is 0 Å². The van der Waals surface area contributed by atoms with Crippen LogP contribution in [0.2, 0.25) is 0 Å². The number of ether oxygens (including phenoxy) is 2. The van der Waals surface area contributed by atoms with Crippen LogP contribution in [0.3, 0.4) is 0 Å². The molecule has 0 spiro atoms. The number of hydrogen-bond donors (Lipinski definition) is 2. The van der Waals surface area contributed by atoms with Crippen molar-refractivity contribution >= 4 is 19.8 Å². The largest absolute Gasteiger partial charge is 0.472 e. The number of rotatable bonds is 65. The van der Waals surface area contributed by atoms with Crippen molar-refractivity contribution in [2.45, 2.75) is 380 Å². The van der Waals surface area contributed by atoms with E-state index in [1.807, 2.05) is 0 Å². The highest BCUT2D eigenvalue weighted by atomic mass is 31.2. The fourth-order valence-corrected chi connectivity index (χ4v) is 11.3. The summed E-state index contributed by atoms with van der Waals surface area (Å²) in [6.45, 7) is 3.84. The molecule has 2 atom stereocenters. The van der Waals surface area contributed by atoms with Crippen molar-refractivity contribution in [3.8, 4) is 0 Å². The molecule has 0 saturated heterocycles. The molecule has 0 aromatic carbocycles. The minimum absolute atomic E-state index is 0.0588. The molecule has 0 aliphatic carbocycles. The Balaban J connectivity index is 3.82. The van der Waals surface area contributed by atoms with Gasteiger partial charge in [0.2, 0.25) is 0 Å². The van der Waals surface area contributed by atoms with Crippen LogP contribution in [0.15, 0.2) is 0 Å². The monoisotopic (exact) mass is 1080 g/mol. The standard InChI is InChI=1S/C65H130NO8P/c1-3-5-7-9-11-13-15-17-19-21-23-25-27-29-30-31-32-33-34-36-38-40-42-44-46-48-50-52-54-56-58-65(68)74-63(62-73-75(69,70)72-60-59-66)61-71-64(67)57-55-53-51-49-47-45-43-41-39-37-35-28-26-24-22-20-18-16-14-12-10-8-6-4-2/h63H,3-62,66H2,1-2H3,(H,69,70). The first-order valence-electron chi connectivity index (χ1n) is 33.5. The summed E-state index contributed by atoms with van der Waals surface area (Å²) < 4.78 is 33.2. The van der Waals surface area contributed by atoms with Gasteiger partial charge in [-0.3, -0.25) is 18.6 Å². The molecule has 0 fully saturated rings. The van der Waals surface area contributed by atoms with E-state index in [0.29, 0.717) is 12.8 Å². The van der Waals surface area contributed by atoms with Crippen molar-refractivity contribution < 1.29 is 37.6 Å². The summed E-state index contributed by atoms with van der Waals surface area (Å²) in [5.41, 5.74) is 5.40. The Kier molecular flexibility index (Phi) is 61.4. The summed E-state index contributed by atoms with van der Waals surface area (Å²) in [5.74, 6) is -0.798. The van der Waals surface area contributed by atoms with Gasteiger partial charge in [0.05, 0.1) is 13.2 Å². The molecule has 10 heteroatoms. The maximum absolute atomic E-state index is 12.7. The van der Waals surface area contributed by atoms with Gasteiger partial charge in [0, 0.05) is 19.4 Å². The van der Waals surface area contributed by atoms with Crippen LogP contribution in [0.25, 0.3) is 0 Å². The number of esters is 2. The number of phosphoric ester groups is 1. The number of phosphoric acid groups is 1. The van der Waals surface area contributed by atoms with Gasteiger partial charge in [0.25, 0.3) is 0 Å². The highest BCUT2D eigenvalue weighted by Crippen LogP contribution is 2.43. The fraction of sp³-hybridized carbons (Fsp3) is 0.969. The number of carbonyl (C=O) groups is 2. The molecule has 0 bridgehead atoms. The van der Waals surface area contributed by atoms with Gasteiger partial charge in [-0.25, -0.2) is 4.57 Å². The minimum atomic E-state index is -4.38. The summed E-state index contributed by atoms with van der Waals surface area (Å²) in [5, 5.41) is 0. The Morgan fingerprint density at radius 2 is 0.573 bits per heavy atom. The maximum atomic E-state index is 12.7. The highest BCUT2D eigenvalue weighted by Gasteiger charge is 2.26. The first-order chi connectivity index (χ1) is 36.8. The van der Waals surface area contributed by atoms with Crippen molar-refractivity contribution in [3.05, 3.63) is 0 Å². The molecule has 0 aromatic heterocycles. The van der Waals surface area contributed by atoms with Crippen molar-refractivity contribution in [1.29, 1.82) is 0 Å². The average Bonchev–Trinajstić information content (AvgIpc) is 3.40. The van der Waals surface area contributed by atoms with Crippen LogP contribution >= 0.6 is 7.82 Å². The predicted molar refractivity (Wildman–Crippen MR) is 322 cm³/mol. The van der Waals surface area contributed by atoms with E-state index in [4.69, 9.17) is 24.3 Å². The van der Waals surface area contributed by atoms with E-state index < -0.39 is 26.5 Å². The van der Waals surface area contributed by atoms with Gasteiger partial charge in [0.15, 0.2) is 6.10 Å². The fourth-order valence-electron chi connectivity index (χ4n) is 10.5. The molecule has 3 N–H and O–H groups in total. The lowest BCUT2D eigenvalue weighted by atomic mass is 10.0. The van der Waals surface area contributed by atoms with E-state index in [1.54, 1.807) is 0 Å². The van der Waals surface area contributed by atoms with Gasteiger partial charge in [-0.1, -0.05) is 348 Å². The second-order valence-electron chi connectivity index (χ2n) is 23.1. The van der Waals surface area contributed by atoms with Crippen molar-refractivity contribution in [3.63, 3.8) is 0 Å². The minimum Gasteiger partial charge on any atom is -0.462 e. The third kappa shape index (κ3) is 62.1. The average molecular weight is 1080 g/mol. The lowest BCUT2D eigenvalue weighted by Crippen LogP contribution is -2.29. The van der Waals surface area contributed by atoms with Gasteiger partial charge < -0.3 is 20.1 Å². The van der Waals surface area contributed by atoms with Gasteiger partial charge >= 0.3 is 19.8 Å². The zero-order chi connectivity index (χ0) is 54.5. The smallest absolute Gasteiger partial charge is 0.462 e. The summed E-state index contributed by atoms with van der Waals surface area (Å²) >= 11 is 0. The first-order valence-corrected chi connectivity index (χ1v) is 35.0. The molecule has 0 saturated carbocycles. The maximum Gasteiger partial charge on any atom is 0.472 e. The Labute approximate surface area is 467 Å². The number of unbranched alkanes of at least 4 members (excludes halogenated alkanes) is 52. The van der Waals surface area contributed by atoms with Crippen LogP contribution in [-0.4, -0.2) is 49.3 Å². The highest BCUT2D eigenvalue weighted by molar-refractivity contribution is 7.47. The zero-order valence-electron chi connectivity index (χ0n) is 50.3. The van der Waals surface area contributed by atoms with Crippen LogP contribution in [0.4, 0.5) is 0 Å². The topological polar surface area (TPSA) is 134 Å². The molecule has 0 heterocycles. The van der Waals surface area contributed by atoms with Gasteiger partial charge in [-0.2, -0.15) is 0 Å². The second kappa shape index (κ2) is 62.2. The number of hydrogen-bond acceptors (Lipinski definition) is 8. The normalized spacial score (nSPS) is 12.9. The van der Waals surface area contributed by atoms with Crippen LogP contribution in [0.5, 0.6) is 0 Å². The SMILES string of the molecule is CCCCCCCCCCCCCCCCCCCCCCCCCCCCCCCCC(=O)OC(COC(=O)CCCCCCCCCCCCCCCCCCCCCCCCCC)COP(=O)(O)OCCN. The van der Waals surface area contributed by atoms with E-state index >= 15 is 0 Å². The molecule has 9 nitrogen and oxygen atoms in total. The van der Waals surface area contributed by atoms with E-state index in [2.05, 4.69) is 13.8 Å². The van der Waals surface area contributed by atoms with E-state index in [-0.39, 0.29) is 32.1 Å². The molecule has 0 radical (unpaired) electrons. The summed E-state index contributed by atoms with van der Waals surface area (Å²) in [7, 11) is -4.38. The van der Waals surface area contributed by atoms with Crippen LogP contribution in [0, 0.1) is 0 Å². The zero-order valence-corrected chi connectivity index (χ0v) is 51.2. The third-order valence-corrected chi connectivity index (χ3v) is 16.5. The third-order valence-electron chi connectivity index (χ3n) is 15.5. The Hall–Kier alpha value is -0.990. The molecule has 0 aliphatic heterocycles. The Morgan fingerprint density at radius 3 is 0.813 bits per heavy atom. The van der Waals surface area contributed by atoms with Gasteiger partial charge in [-0.15, -0.1) is 0 Å². The van der Waals surface area contributed by atoms with E-state index in [9.17, 15) is 19.0 Å². The molecule has 75 heavy (non-hydrogen) atoms. The lowest BCUT2D eigenvalue weighted by molar-refractivity contribution is -0.161. The lowest BCUT2D eigenvalue weighted by Gasteiger charge is -2.19. The molecule has 0 rings (SSSR count).